The van der Waals surface area contributed by atoms with E-state index in [1.165, 1.54) is 30.3 Å². The first-order valence-electron chi connectivity index (χ1n) is 5.79. The lowest BCUT2D eigenvalue weighted by Gasteiger charge is -2.11. The van der Waals surface area contributed by atoms with E-state index in [9.17, 15) is 14.0 Å². The molecule has 1 amide bonds. The molecule has 0 aliphatic heterocycles. The molecule has 2 aromatic carbocycles. The molecular formula is C14H11FN2O4. The lowest BCUT2D eigenvalue weighted by atomic mass is 10.1. The van der Waals surface area contributed by atoms with Crippen LogP contribution < -0.4 is 16.2 Å². The smallest absolute Gasteiger partial charge is 0.337 e. The highest BCUT2D eigenvalue weighted by atomic mass is 19.1. The zero-order valence-corrected chi connectivity index (χ0v) is 10.7. The molecule has 0 spiro atoms. The molecule has 2 aromatic rings. The number of aromatic carboxylic acids is 1. The van der Waals surface area contributed by atoms with E-state index in [-0.39, 0.29) is 22.7 Å². The van der Waals surface area contributed by atoms with Crippen LogP contribution in [0.1, 0.15) is 20.7 Å². The lowest BCUT2D eigenvalue weighted by molar-refractivity contribution is 0.0697. The summed E-state index contributed by atoms with van der Waals surface area (Å²) in [6, 6.07) is 7.65. The predicted octanol–water partition coefficient (Wildman–Crippen LogP) is 2.00. The van der Waals surface area contributed by atoms with Gasteiger partial charge in [0, 0.05) is 11.8 Å². The number of nitrogen functional groups attached to an aromatic ring is 1. The molecule has 5 N–H and O–H groups in total. The summed E-state index contributed by atoms with van der Waals surface area (Å²) in [5.74, 6) is -2.88. The van der Waals surface area contributed by atoms with Crippen molar-refractivity contribution in [2.75, 3.05) is 5.73 Å². The van der Waals surface area contributed by atoms with Crippen molar-refractivity contribution in [3.05, 3.63) is 53.3 Å². The molecule has 0 saturated heterocycles. The molecule has 6 nitrogen and oxygen atoms in total. The quantitative estimate of drug-likeness (QED) is 0.745. The Morgan fingerprint density at radius 1 is 1.19 bits per heavy atom. The number of carbonyl (C=O) groups is 2. The fraction of sp³-hybridized carbons (Fsp3) is 0. The fourth-order valence-electron chi connectivity index (χ4n) is 1.75. The molecule has 2 rings (SSSR count). The second kappa shape index (κ2) is 5.49. The molecule has 0 aliphatic rings. The van der Waals surface area contributed by atoms with Gasteiger partial charge < -0.3 is 21.3 Å². The van der Waals surface area contributed by atoms with Gasteiger partial charge in [0.25, 0.3) is 5.91 Å². The Balaban J connectivity index is 2.39. The largest absolute Gasteiger partial charge is 0.478 e. The molecule has 108 valence electrons. The highest BCUT2D eigenvalue weighted by Crippen LogP contribution is 2.29. The number of benzene rings is 2. The van der Waals surface area contributed by atoms with E-state index < -0.39 is 23.3 Å². The van der Waals surface area contributed by atoms with Crippen LogP contribution in [0.25, 0.3) is 0 Å². The van der Waals surface area contributed by atoms with Crippen LogP contribution in [0.4, 0.5) is 10.1 Å². The molecule has 0 saturated carbocycles. The first kappa shape index (κ1) is 14.3. The van der Waals surface area contributed by atoms with Gasteiger partial charge in [-0.05, 0) is 24.3 Å². The van der Waals surface area contributed by atoms with Crippen LogP contribution in [-0.4, -0.2) is 17.0 Å². The van der Waals surface area contributed by atoms with Gasteiger partial charge in [0.2, 0.25) is 0 Å². The minimum atomic E-state index is -1.18. The summed E-state index contributed by atoms with van der Waals surface area (Å²) in [5, 5.41) is 8.87. The van der Waals surface area contributed by atoms with Gasteiger partial charge in [-0.2, -0.15) is 0 Å². The first-order valence-corrected chi connectivity index (χ1v) is 5.79. The Kier molecular flexibility index (Phi) is 3.75. The molecule has 21 heavy (non-hydrogen) atoms. The number of hydrogen-bond donors (Lipinski definition) is 3. The Morgan fingerprint density at radius 3 is 2.48 bits per heavy atom. The van der Waals surface area contributed by atoms with Crippen LogP contribution in [0.15, 0.2) is 36.4 Å². The number of hydrogen-bond acceptors (Lipinski definition) is 4. The maximum Gasteiger partial charge on any atom is 0.337 e. The Labute approximate surface area is 118 Å². The third-order valence-corrected chi connectivity index (χ3v) is 2.70. The van der Waals surface area contributed by atoms with Crippen molar-refractivity contribution in [1.82, 2.24) is 0 Å². The van der Waals surface area contributed by atoms with E-state index in [1.807, 2.05) is 0 Å². The Hall–Kier alpha value is -3.09. The highest BCUT2D eigenvalue weighted by molar-refractivity contribution is 5.96. The molecular weight excluding hydrogens is 279 g/mol. The average Bonchev–Trinajstić information content (AvgIpc) is 2.37. The number of halogens is 1. The molecule has 0 fully saturated rings. The van der Waals surface area contributed by atoms with Crippen molar-refractivity contribution in [2.45, 2.75) is 0 Å². The van der Waals surface area contributed by atoms with E-state index in [0.717, 1.165) is 6.07 Å². The van der Waals surface area contributed by atoms with E-state index in [4.69, 9.17) is 21.3 Å². The zero-order valence-electron chi connectivity index (χ0n) is 10.7. The number of anilines is 1. The van der Waals surface area contributed by atoms with Crippen molar-refractivity contribution in [1.29, 1.82) is 0 Å². The molecule has 0 unspecified atom stereocenters. The molecule has 7 heteroatoms. The zero-order chi connectivity index (χ0) is 15.6. The molecule has 0 bridgehead atoms. The normalized spacial score (nSPS) is 10.1. The molecule has 0 heterocycles. The number of ether oxygens (including phenoxy) is 1. The fourth-order valence-corrected chi connectivity index (χ4v) is 1.75. The number of carboxylic acids is 1. The number of rotatable bonds is 4. The Bertz CT molecular complexity index is 731. The van der Waals surface area contributed by atoms with Gasteiger partial charge in [0.05, 0.1) is 5.56 Å². The third-order valence-electron chi connectivity index (χ3n) is 2.70. The first-order chi connectivity index (χ1) is 9.90. The minimum absolute atomic E-state index is 0.0166. The topological polar surface area (TPSA) is 116 Å². The van der Waals surface area contributed by atoms with Crippen molar-refractivity contribution in [3.63, 3.8) is 0 Å². The summed E-state index contributed by atoms with van der Waals surface area (Å²) < 4.78 is 18.9. The van der Waals surface area contributed by atoms with Crippen LogP contribution in [0, 0.1) is 5.82 Å². The third kappa shape index (κ3) is 2.92. The highest BCUT2D eigenvalue weighted by Gasteiger charge is 2.16. The van der Waals surface area contributed by atoms with Gasteiger partial charge >= 0.3 is 5.97 Å². The maximum atomic E-state index is 13.6. The summed E-state index contributed by atoms with van der Waals surface area (Å²) in [6.45, 7) is 0. The van der Waals surface area contributed by atoms with Crippen molar-refractivity contribution >= 4 is 17.6 Å². The van der Waals surface area contributed by atoms with E-state index in [2.05, 4.69) is 0 Å². The van der Waals surface area contributed by atoms with Gasteiger partial charge in [-0.15, -0.1) is 0 Å². The molecule has 0 radical (unpaired) electrons. The average molecular weight is 290 g/mol. The Morgan fingerprint density at radius 2 is 1.90 bits per heavy atom. The lowest BCUT2D eigenvalue weighted by Crippen LogP contribution is -2.14. The SMILES string of the molecule is NC(=O)c1c(F)cccc1Oc1ccc(C(=O)O)c(N)c1. The number of amides is 1. The second-order valence-corrected chi connectivity index (χ2v) is 4.13. The summed E-state index contributed by atoms with van der Waals surface area (Å²) in [6.07, 6.45) is 0. The molecule has 0 atom stereocenters. The standard InChI is InChI=1S/C14H11FN2O4/c15-9-2-1-3-11(12(9)13(17)18)21-7-4-5-8(14(19)20)10(16)6-7/h1-6H,16H2,(H2,17,18)(H,19,20). The van der Waals surface area contributed by atoms with E-state index in [0.29, 0.717) is 0 Å². The number of carbonyl (C=O) groups excluding carboxylic acids is 1. The van der Waals surface area contributed by atoms with Gasteiger partial charge in [-0.1, -0.05) is 6.07 Å². The summed E-state index contributed by atoms with van der Waals surface area (Å²) >= 11 is 0. The summed E-state index contributed by atoms with van der Waals surface area (Å²) in [5.41, 5.74) is 10.2. The van der Waals surface area contributed by atoms with Gasteiger partial charge in [0.1, 0.15) is 22.9 Å². The minimum Gasteiger partial charge on any atom is -0.478 e. The summed E-state index contributed by atoms with van der Waals surface area (Å²) in [4.78, 5) is 22.1. The molecule has 0 aromatic heterocycles. The second-order valence-electron chi connectivity index (χ2n) is 4.13. The van der Waals surface area contributed by atoms with Crippen molar-refractivity contribution in [3.8, 4) is 11.5 Å². The van der Waals surface area contributed by atoms with Crippen LogP contribution >= 0.6 is 0 Å². The maximum absolute atomic E-state index is 13.6. The predicted molar refractivity (Wildman–Crippen MR) is 72.8 cm³/mol. The molecule has 0 aliphatic carbocycles. The van der Waals surface area contributed by atoms with Crippen LogP contribution in [0.3, 0.4) is 0 Å². The monoisotopic (exact) mass is 290 g/mol. The van der Waals surface area contributed by atoms with Crippen LogP contribution in [-0.2, 0) is 0 Å². The van der Waals surface area contributed by atoms with Crippen LogP contribution in [0.2, 0.25) is 0 Å². The van der Waals surface area contributed by atoms with E-state index in [1.54, 1.807) is 0 Å². The van der Waals surface area contributed by atoms with Crippen molar-refractivity contribution in [2.24, 2.45) is 5.73 Å². The van der Waals surface area contributed by atoms with Gasteiger partial charge in [-0.25, -0.2) is 9.18 Å². The van der Waals surface area contributed by atoms with Gasteiger partial charge in [0.15, 0.2) is 0 Å². The summed E-state index contributed by atoms with van der Waals surface area (Å²) in [7, 11) is 0. The van der Waals surface area contributed by atoms with Crippen molar-refractivity contribution < 1.29 is 23.8 Å². The van der Waals surface area contributed by atoms with Crippen LogP contribution in [0.5, 0.6) is 11.5 Å². The van der Waals surface area contributed by atoms with Gasteiger partial charge in [-0.3, -0.25) is 4.79 Å². The number of carboxylic acid groups (broad SMARTS) is 1. The number of primary amides is 1. The number of nitrogens with two attached hydrogens (primary N) is 2. The van der Waals surface area contributed by atoms with E-state index >= 15 is 0 Å².